The third-order valence-corrected chi connectivity index (χ3v) is 11.5. The van der Waals surface area contributed by atoms with Crippen LogP contribution in [0.25, 0.3) is 0 Å². The number of fused-ring (bicyclic) bond motifs is 1. The monoisotopic (exact) mass is 576 g/mol. The van der Waals surface area contributed by atoms with Gasteiger partial charge in [-0.1, -0.05) is 6.92 Å². The minimum absolute atomic E-state index is 0.0323. The Kier molecular flexibility index (Phi) is 9.18. The molecule has 0 aromatic carbocycles. The van der Waals surface area contributed by atoms with Crippen molar-refractivity contribution in [1.29, 1.82) is 0 Å². The predicted octanol–water partition coefficient (Wildman–Crippen LogP) is 0.711. The normalized spacial score (nSPS) is 46.5. The number of ether oxygens (including phenoxy) is 1. The highest BCUT2D eigenvalue weighted by Gasteiger charge is 2.48. The highest BCUT2D eigenvalue weighted by molar-refractivity contribution is 8.00. The molecule has 5 saturated heterocycles. The van der Waals surface area contributed by atoms with Gasteiger partial charge in [0.05, 0.1) is 23.6 Å². The quantitative estimate of drug-likeness (QED) is 0.241. The first kappa shape index (κ1) is 28.2. The lowest BCUT2D eigenvalue weighted by molar-refractivity contribution is -0.134. The second-order valence-electron chi connectivity index (χ2n) is 11.5. The summed E-state index contributed by atoms with van der Waals surface area (Å²) in [7, 11) is 1.75. The lowest BCUT2D eigenvalue weighted by atomic mass is 9.70. The fourth-order valence-corrected chi connectivity index (χ4v) is 8.95. The van der Waals surface area contributed by atoms with E-state index < -0.39 is 0 Å². The zero-order chi connectivity index (χ0) is 26.3. The van der Waals surface area contributed by atoms with E-state index in [1.165, 1.54) is 0 Å². The van der Waals surface area contributed by atoms with Crippen LogP contribution < -0.4 is 26.6 Å². The standard InChI is InChI=1S/C25H42Cl2N6O3S/c1-12-6-14(15-7-21(27)30-9-19(15)36-3)16(8-29-12)23(34)32-25-31-18-10-33(11-20(18)37-25)24(35)22-13(2)17(26)4-5-28-22/h12-22,25,28-31H,4-11H2,1-3H3,(H,32,34). The molecule has 5 aliphatic rings. The van der Waals surface area contributed by atoms with E-state index >= 15 is 0 Å². The van der Waals surface area contributed by atoms with E-state index in [0.717, 1.165) is 25.8 Å². The van der Waals surface area contributed by atoms with Gasteiger partial charge in [0.25, 0.3) is 0 Å². The molecule has 0 spiro atoms. The lowest BCUT2D eigenvalue weighted by Crippen LogP contribution is -2.58. The first-order valence-electron chi connectivity index (χ1n) is 13.8. The molecule has 5 aliphatic heterocycles. The molecule has 5 heterocycles. The van der Waals surface area contributed by atoms with Gasteiger partial charge in [-0.25, -0.2) is 0 Å². The third-order valence-electron chi connectivity index (χ3n) is 9.19. The molecule has 9 nitrogen and oxygen atoms in total. The molecule has 0 bridgehead atoms. The van der Waals surface area contributed by atoms with Crippen molar-refractivity contribution in [3.63, 3.8) is 0 Å². The number of likely N-dealkylation sites (tertiary alicyclic amines) is 1. The van der Waals surface area contributed by atoms with Gasteiger partial charge in [0.1, 0.15) is 5.50 Å². The Hall–Kier alpha value is -0.330. The first-order chi connectivity index (χ1) is 17.7. The van der Waals surface area contributed by atoms with Gasteiger partial charge in [0.2, 0.25) is 11.8 Å². The molecular weight excluding hydrogens is 535 g/mol. The van der Waals surface area contributed by atoms with Crippen molar-refractivity contribution in [1.82, 2.24) is 31.5 Å². The van der Waals surface area contributed by atoms with Crippen LogP contribution in [0.1, 0.15) is 33.1 Å². The average Bonchev–Trinajstić information content (AvgIpc) is 3.44. The van der Waals surface area contributed by atoms with Crippen molar-refractivity contribution in [2.45, 2.75) is 79.0 Å². The summed E-state index contributed by atoms with van der Waals surface area (Å²) in [4.78, 5) is 28.7. The summed E-state index contributed by atoms with van der Waals surface area (Å²) in [5, 5.41) is 17.3. The summed E-state index contributed by atoms with van der Waals surface area (Å²) in [5.74, 6) is 0.648. The molecule has 5 rings (SSSR count). The number of nitrogens with one attached hydrogen (secondary N) is 5. The van der Waals surface area contributed by atoms with Crippen molar-refractivity contribution in [2.24, 2.45) is 23.7 Å². The highest BCUT2D eigenvalue weighted by Crippen LogP contribution is 2.39. The Bertz CT molecular complexity index is 830. The van der Waals surface area contributed by atoms with E-state index in [4.69, 9.17) is 27.9 Å². The summed E-state index contributed by atoms with van der Waals surface area (Å²) in [5.41, 5.74) is -0.241. The van der Waals surface area contributed by atoms with E-state index in [9.17, 15) is 9.59 Å². The molecule has 5 fully saturated rings. The van der Waals surface area contributed by atoms with Crippen molar-refractivity contribution in [3.05, 3.63) is 0 Å². The number of thioether (sulfide) groups is 1. The number of nitrogens with zero attached hydrogens (tertiary/aromatic N) is 1. The molecule has 12 heteroatoms. The molecule has 0 aromatic rings. The Balaban J connectivity index is 1.16. The summed E-state index contributed by atoms with van der Waals surface area (Å²) in [6, 6.07) is 0.310. The van der Waals surface area contributed by atoms with Gasteiger partial charge in [-0.05, 0) is 50.5 Å². The van der Waals surface area contributed by atoms with Gasteiger partial charge in [0, 0.05) is 56.0 Å². The second kappa shape index (κ2) is 12.0. The van der Waals surface area contributed by atoms with E-state index in [2.05, 4.69) is 40.4 Å². The predicted molar refractivity (Wildman–Crippen MR) is 148 cm³/mol. The zero-order valence-electron chi connectivity index (χ0n) is 21.9. The van der Waals surface area contributed by atoms with Gasteiger partial charge in [-0.3, -0.25) is 20.2 Å². The van der Waals surface area contributed by atoms with Crippen LogP contribution in [0.15, 0.2) is 0 Å². The van der Waals surface area contributed by atoms with Gasteiger partial charge < -0.3 is 25.6 Å². The maximum Gasteiger partial charge on any atom is 0.240 e. The van der Waals surface area contributed by atoms with Crippen LogP contribution in [0.3, 0.4) is 0 Å². The molecule has 0 saturated carbocycles. The molecule has 0 radical (unpaired) electrons. The molecule has 2 amide bonds. The molecule has 0 aliphatic carbocycles. The van der Waals surface area contributed by atoms with Crippen LogP contribution in [-0.2, 0) is 14.3 Å². The molecule has 210 valence electrons. The van der Waals surface area contributed by atoms with Gasteiger partial charge in [-0.2, -0.15) is 0 Å². The topological polar surface area (TPSA) is 107 Å². The number of amides is 2. The Morgan fingerprint density at radius 3 is 2.62 bits per heavy atom. The number of piperidine rings is 3. The number of carbonyl (C=O) groups excluding carboxylic acids is 2. The van der Waals surface area contributed by atoms with Crippen molar-refractivity contribution in [2.75, 3.05) is 39.8 Å². The van der Waals surface area contributed by atoms with Crippen molar-refractivity contribution >= 4 is 46.8 Å². The van der Waals surface area contributed by atoms with Crippen LogP contribution in [0.2, 0.25) is 0 Å². The van der Waals surface area contributed by atoms with Gasteiger partial charge in [0.15, 0.2) is 0 Å². The third kappa shape index (κ3) is 6.06. The van der Waals surface area contributed by atoms with Crippen LogP contribution >= 0.6 is 35.0 Å². The number of methoxy groups -OCH3 is 1. The average molecular weight is 578 g/mol. The fourth-order valence-electron chi connectivity index (χ4n) is 6.99. The number of hydrogen-bond acceptors (Lipinski definition) is 8. The molecule has 0 aromatic heterocycles. The van der Waals surface area contributed by atoms with Crippen LogP contribution in [0, 0.1) is 23.7 Å². The van der Waals surface area contributed by atoms with Crippen LogP contribution in [0.4, 0.5) is 0 Å². The van der Waals surface area contributed by atoms with Crippen molar-refractivity contribution in [3.8, 4) is 0 Å². The molecule has 37 heavy (non-hydrogen) atoms. The van der Waals surface area contributed by atoms with Gasteiger partial charge >= 0.3 is 0 Å². The van der Waals surface area contributed by atoms with E-state index in [-0.39, 0.29) is 75.3 Å². The minimum Gasteiger partial charge on any atom is -0.380 e. The molecule has 12 unspecified atom stereocenters. The second-order valence-corrected chi connectivity index (χ2v) is 14.0. The smallest absolute Gasteiger partial charge is 0.240 e. The maximum atomic E-state index is 13.6. The Labute approximate surface area is 234 Å². The van der Waals surface area contributed by atoms with Crippen LogP contribution in [-0.4, -0.2) is 102 Å². The lowest BCUT2D eigenvalue weighted by Gasteiger charge is -2.45. The Morgan fingerprint density at radius 2 is 1.86 bits per heavy atom. The van der Waals surface area contributed by atoms with E-state index in [1.807, 2.05) is 4.90 Å². The summed E-state index contributed by atoms with van der Waals surface area (Å²) in [6.45, 7) is 7.74. The van der Waals surface area contributed by atoms with Crippen LogP contribution in [0.5, 0.6) is 0 Å². The number of halogens is 2. The molecular formula is C25H42Cl2N6O3S. The van der Waals surface area contributed by atoms with E-state index in [1.54, 1.807) is 18.9 Å². The minimum atomic E-state index is -0.216. The number of carbonyl (C=O) groups is 2. The summed E-state index contributed by atoms with van der Waals surface area (Å²) < 4.78 is 5.80. The molecule has 12 atom stereocenters. The number of rotatable bonds is 5. The zero-order valence-corrected chi connectivity index (χ0v) is 24.2. The summed E-state index contributed by atoms with van der Waals surface area (Å²) >= 11 is 14.6. The SMILES string of the molecule is COC1CNC(Cl)CC1C1CC(C)NCC1C(=O)NC1NC2CN(C(=O)C3NCCC(Cl)C3C)CC2S1. The first-order valence-corrected chi connectivity index (χ1v) is 15.6. The Morgan fingerprint density at radius 1 is 1.05 bits per heavy atom. The number of hydrogen-bond donors (Lipinski definition) is 5. The number of alkyl halides is 2. The van der Waals surface area contributed by atoms with Crippen molar-refractivity contribution < 1.29 is 14.3 Å². The highest BCUT2D eigenvalue weighted by atomic mass is 35.5. The van der Waals surface area contributed by atoms with E-state index in [0.29, 0.717) is 32.2 Å². The fraction of sp³-hybridized carbons (Fsp3) is 0.920. The molecule has 5 N–H and O–H groups in total. The largest absolute Gasteiger partial charge is 0.380 e. The van der Waals surface area contributed by atoms with Gasteiger partial charge in [-0.15, -0.1) is 35.0 Å². The summed E-state index contributed by atoms with van der Waals surface area (Å²) in [6.07, 6.45) is 2.67. The maximum absolute atomic E-state index is 13.6.